The van der Waals surface area contributed by atoms with E-state index in [1.54, 1.807) is 13.8 Å². The molecule has 3 atom stereocenters. The lowest BCUT2D eigenvalue weighted by molar-refractivity contribution is -0.0122. The summed E-state index contributed by atoms with van der Waals surface area (Å²) < 4.78 is 19.8. The van der Waals surface area contributed by atoms with Crippen molar-refractivity contribution in [2.45, 2.75) is 45.3 Å². The molecule has 1 aliphatic carbocycles. The normalized spacial score (nSPS) is 26.3. The Labute approximate surface area is 132 Å². The van der Waals surface area contributed by atoms with Crippen LogP contribution < -0.4 is 0 Å². The molecule has 1 N–H and O–H groups in total. The van der Waals surface area contributed by atoms with Gasteiger partial charge < -0.3 is 23.8 Å². The van der Waals surface area contributed by atoms with E-state index < -0.39 is 21.6 Å². The average Bonchev–Trinajstić information content (AvgIpc) is 2.79. The monoisotopic (exact) mass is 333 g/mol. The fraction of sp³-hybridized carbons (Fsp3) is 0.786. The number of rotatable bonds is 6. The van der Waals surface area contributed by atoms with E-state index in [0.29, 0.717) is 12.0 Å². The van der Waals surface area contributed by atoms with Gasteiger partial charge in [0.2, 0.25) is 6.79 Å². The first kappa shape index (κ1) is 17.5. The van der Waals surface area contributed by atoms with E-state index in [1.807, 2.05) is 6.08 Å². The molecule has 0 spiro atoms. The molecule has 0 saturated carbocycles. The molecule has 1 saturated heterocycles. The van der Waals surface area contributed by atoms with Gasteiger partial charge in [-0.15, -0.1) is 0 Å². The van der Waals surface area contributed by atoms with Gasteiger partial charge in [-0.3, -0.25) is 4.52 Å². The molecule has 1 heterocycles. The van der Waals surface area contributed by atoms with Gasteiger partial charge in [0, 0.05) is 12.5 Å². The van der Waals surface area contributed by atoms with Gasteiger partial charge in [0.05, 0.1) is 6.10 Å². The van der Waals surface area contributed by atoms with Gasteiger partial charge in [0.15, 0.2) is 0 Å². The molecule has 0 aromatic carbocycles. The molecule has 2 rings (SSSR count). The Bertz CT molecular complexity index is 416. The minimum Gasteiger partial charge on any atom is -0.432 e. The number of fused-ring (bicyclic) bond motifs is 1. The maximum absolute atomic E-state index is 11.1. The van der Waals surface area contributed by atoms with Crippen molar-refractivity contribution in [1.29, 1.82) is 0 Å². The first-order valence-corrected chi connectivity index (χ1v) is 8.61. The molecule has 126 valence electrons. The van der Waals surface area contributed by atoms with E-state index in [9.17, 15) is 9.69 Å². The molecule has 0 amide bonds. The Balaban J connectivity index is 1.67. The third-order valence-electron chi connectivity index (χ3n) is 3.89. The summed E-state index contributed by atoms with van der Waals surface area (Å²) in [5.41, 5.74) is 0. The first-order valence-electron chi connectivity index (χ1n) is 7.48. The van der Waals surface area contributed by atoms with Crippen molar-refractivity contribution in [2.24, 2.45) is 5.92 Å². The summed E-state index contributed by atoms with van der Waals surface area (Å²) in [7, 11) is 0.00497. The minimum atomic E-state index is -2.11. The molecule has 0 aromatic rings. The smallest absolute Gasteiger partial charge is 0.432 e. The number of hydrogen-bond donors (Lipinski definition) is 1. The summed E-state index contributed by atoms with van der Waals surface area (Å²) in [6, 6.07) is 0.473. The van der Waals surface area contributed by atoms with Crippen LogP contribution >= 0.6 is 8.60 Å². The van der Waals surface area contributed by atoms with E-state index in [-0.39, 0.29) is 6.10 Å². The first-order chi connectivity index (χ1) is 10.5. The summed E-state index contributed by atoms with van der Waals surface area (Å²) in [5.74, 6) is 1.42. The molecular formula is C14H24NO6P. The average molecular weight is 333 g/mol. The van der Waals surface area contributed by atoms with Crippen LogP contribution in [-0.4, -0.2) is 48.5 Å². The second kappa shape index (κ2) is 8.11. The predicted molar refractivity (Wildman–Crippen MR) is 80.7 cm³/mol. The zero-order valence-electron chi connectivity index (χ0n) is 13.2. The summed E-state index contributed by atoms with van der Waals surface area (Å²) in [6.07, 6.45) is 3.88. The van der Waals surface area contributed by atoms with Crippen LogP contribution in [0, 0.1) is 5.92 Å². The summed E-state index contributed by atoms with van der Waals surface area (Å²) in [5, 5.41) is 0. The maximum Gasteiger partial charge on any atom is 0.510 e. The van der Waals surface area contributed by atoms with Crippen molar-refractivity contribution in [2.75, 3.05) is 20.4 Å². The molecule has 7 nitrogen and oxygen atoms in total. The molecule has 0 bridgehead atoms. The van der Waals surface area contributed by atoms with Crippen molar-refractivity contribution < 1.29 is 28.2 Å². The quantitative estimate of drug-likeness (QED) is 0.455. The molecule has 22 heavy (non-hydrogen) atoms. The van der Waals surface area contributed by atoms with Gasteiger partial charge >= 0.3 is 14.8 Å². The summed E-state index contributed by atoms with van der Waals surface area (Å²) in [4.78, 5) is 23.2. The van der Waals surface area contributed by atoms with Crippen LogP contribution in [0.4, 0.5) is 4.79 Å². The molecule has 0 radical (unpaired) electrons. The minimum absolute atomic E-state index is 0.261. The molecule has 2 aliphatic rings. The lowest BCUT2D eigenvalue weighted by atomic mass is 9.89. The zero-order chi connectivity index (χ0) is 16.1. The molecule has 0 aromatic heterocycles. The highest BCUT2D eigenvalue weighted by molar-refractivity contribution is 7.40. The van der Waals surface area contributed by atoms with Crippen LogP contribution in [0.5, 0.6) is 0 Å². The Morgan fingerprint density at radius 1 is 1.55 bits per heavy atom. The van der Waals surface area contributed by atoms with Gasteiger partial charge in [0.25, 0.3) is 0 Å². The zero-order valence-corrected chi connectivity index (χ0v) is 14.1. The van der Waals surface area contributed by atoms with E-state index in [4.69, 9.17) is 13.8 Å². The number of carbonyl (C=O) groups excluding carboxylic acids is 1. The van der Waals surface area contributed by atoms with E-state index in [1.165, 1.54) is 6.42 Å². The lowest BCUT2D eigenvalue weighted by Crippen LogP contribution is -2.31. The lowest BCUT2D eigenvalue weighted by Gasteiger charge is -2.29. The van der Waals surface area contributed by atoms with Crippen molar-refractivity contribution in [3.8, 4) is 0 Å². The van der Waals surface area contributed by atoms with Crippen LogP contribution in [0.1, 0.15) is 33.1 Å². The van der Waals surface area contributed by atoms with Gasteiger partial charge in [0.1, 0.15) is 5.76 Å². The van der Waals surface area contributed by atoms with Crippen LogP contribution in [0.3, 0.4) is 0 Å². The highest BCUT2D eigenvalue weighted by Gasteiger charge is 2.35. The Kier molecular flexibility index (Phi) is 6.44. The second-order valence-corrected chi connectivity index (χ2v) is 6.76. The van der Waals surface area contributed by atoms with Crippen molar-refractivity contribution in [3.05, 3.63) is 11.8 Å². The number of nitrogens with zero attached hydrogens (tertiary/aromatic N) is 1. The highest BCUT2D eigenvalue weighted by Crippen LogP contribution is 2.42. The van der Waals surface area contributed by atoms with Crippen LogP contribution in [-0.2, 0) is 18.5 Å². The second-order valence-electron chi connectivity index (χ2n) is 5.84. The predicted octanol–water partition coefficient (Wildman–Crippen LogP) is 2.76. The van der Waals surface area contributed by atoms with Crippen LogP contribution in [0.2, 0.25) is 0 Å². The van der Waals surface area contributed by atoms with Gasteiger partial charge in [-0.2, -0.15) is 0 Å². The van der Waals surface area contributed by atoms with Crippen LogP contribution in [0.15, 0.2) is 11.8 Å². The van der Waals surface area contributed by atoms with Gasteiger partial charge in [-0.1, -0.05) is 0 Å². The third-order valence-corrected chi connectivity index (χ3v) is 4.61. The van der Waals surface area contributed by atoms with Crippen molar-refractivity contribution in [3.63, 3.8) is 0 Å². The molecule has 8 heteroatoms. The topological polar surface area (TPSA) is 77.5 Å². The van der Waals surface area contributed by atoms with Crippen LogP contribution in [0.25, 0.3) is 0 Å². The van der Waals surface area contributed by atoms with E-state index in [0.717, 1.165) is 25.1 Å². The van der Waals surface area contributed by atoms with Gasteiger partial charge in [-0.25, -0.2) is 4.79 Å². The number of carbonyl (C=O) groups is 1. The van der Waals surface area contributed by atoms with E-state index in [2.05, 4.69) is 16.7 Å². The van der Waals surface area contributed by atoms with Crippen molar-refractivity contribution >= 4 is 14.8 Å². The summed E-state index contributed by atoms with van der Waals surface area (Å²) >= 11 is 0. The third kappa shape index (κ3) is 5.09. The molecule has 1 aliphatic heterocycles. The standard InChI is InChI=1S/C14H24NO6P/c1-10(2)20-14(16)18-9-19-22(17)21-12-5-4-11-6-7-15(3)13(11)8-12/h5,10-11,13,17H,4,6-9H2,1-3H3. The van der Waals surface area contributed by atoms with Crippen molar-refractivity contribution in [1.82, 2.24) is 4.90 Å². The number of hydrogen-bond acceptors (Lipinski definition) is 7. The fourth-order valence-electron chi connectivity index (χ4n) is 2.80. The number of ether oxygens (including phenoxy) is 2. The SMILES string of the molecule is CC(C)OC(=O)OCOP(O)OC1=CCC2CCN(C)C2C1. The Hall–Kier alpha value is -0.880. The largest absolute Gasteiger partial charge is 0.510 e. The fourth-order valence-corrected chi connectivity index (χ4v) is 3.35. The maximum atomic E-state index is 11.1. The highest BCUT2D eigenvalue weighted by atomic mass is 31.2. The summed E-state index contributed by atoms with van der Waals surface area (Å²) in [6.45, 7) is 4.14. The molecule has 1 fully saturated rings. The van der Waals surface area contributed by atoms with E-state index >= 15 is 0 Å². The number of allylic oxidation sites excluding steroid dienone is 1. The Morgan fingerprint density at radius 2 is 2.32 bits per heavy atom. The molecule has 3 unspecified atom stereocenters. The van der Waals surface area contributed by atoms with Gasteiger partial charge in [-0.05, 0) is 52.3 Å². The molecular weight excluding hydrogens is 309 g/mol. The number of likely N-dealkylation sites (tertiary alicyclic amines) is 1. The Morgan fingerprint density at radius 3 is 3.05 bits per heavy atom.